The lowest BCUT2D eigenvalue weighted by molar-refractivity contribution is 0.396. The summed E-state index contributed by atoms with van der Waals surface area (Å²) in [7, 11) is 3.18. The van der Waals surface area contributed by atoms with E-state index in [1.807, 2.05) is 6.07 Å². The summed E-state index contributed by atoms with van der Waals surface area (Å²) >= 11 is 5.43. The maximum absolute atomic E-state index is 5.85. The van der Waals surface area contributed by atoms with Crippen LogP contribution in [0.5, 0.6) is 11.5 Å². The van der Waals surface area contributed by atoms with Crippen molar-refractivity contribution >= 4 is 23.2 Å². The molecule has 0 aliphatic rings. The van der Waals surface area contributed by atoms with E-state index in [1.165, 1.54) is 0 Å². The number of methoxy groups -OCH3 is 2. The van der Waals surface area contributed by atoms with Crippen molar-refractivity contribution in [2.75, 3.05) is 14.2 Å². The first-order chi connectivity index (χ1) is 9.72. The molecular weight excluding hydrogens is 276 g/mol. The Kier molecular flexibility index (Phi) is 3.20. The van der Waals surface area contributed by atoms with Crippen LogP contribution in [0.25, 0.3) is 22.5 Å². The minimum Gasteiger partial charge on any atom is -0.496 e. The largest absolute Gasteiger partial charge is 0.496 e. The van der Waals surface area contributed by atoms with Gasteiger partial charge in [-0.15, -0.1) is 0 Å². The van der Waals surface area contributed by atoms with Crippen LogP contribution >= 0.6 is 12.2 Å². The van der Waals surface area contributed by atoms with Crippen LogP contribution in [0.4, 0.5) is 0 Å². The first-order valence-electron chi connectivity index (χ1n) is 5.96. The second kappa shape index (κ2) is 5.02. The zero-order chi connectivity index (χ0) is 14.1. The maximum atomic E-state index is 5.85. The molecule has 102 valence electrons. The Labute approximate surface area is 120 Å². The molecule has 1 aromatic carbocycles. The zero-order valence-electron chi connectivity index (χ0n) is 11.0. The molecule has 0 spiro atoms. The Balaban J connectivity index is 2.33. The van der Waals surface area contributed by atoms with Gasteiger partial charge in [0.2, 0.25) is 0 Å². The van der Waals surface area contributed by atoms with E-state index in [0.29, 0.717) is 33.1 Å². The predicted octanol–water partition coefficient (Wildman–Crippen LogP) is 4.44. The van der Waals surface area contributed by atoms with Gasteiger partial charge in [0.25, 0.3) is 0 Å². The van der Waals surface area contributed by atoms with E-state index in [2.05, 4.69) is 0 Å². The molecule has 0 amide bonds. The molecule has 0 saturated heterocycles. The fourth-order valence-electron chi connectivity index (χ4n) is 2.05. The van der Waals surface area contributed by atoms with Gasteiger partial charge >= 0.3 is 0 Å². The number of rotatable bonds is 3. The second-order valence-electron chi connectivity index (χ2n) is 4.15. The molecule has 0 N–H and O–H groups in total. The molecule has 2 heterocycles. The Morgan fingerprint density at radius 3 is 2.55 bits per heavy atom. The van der Waals surface area contributed by atoms with Gasteiger partial charge < -0.3 is 18.3 Å². The summed E-state index contributed by atoms with van der Waals surface area (Å²) in [6.07, 6.45) is 1.59. The number of benzene rings is 1. The summed E-state index contributed by atoms with van der Waals surface area (Å²) in [5.74, 6) is 2.46. The average molecular weight is 288 g/mol. The predicted molar refractivity (Wildman–Crippen MR) is 77.9 cm³/mol. The second-order valence-corrected chi connectivity index (χ2v) is 4.59. The van der Waals surface area contributed by atoms with E-state index in [4.69, 9.17) is 30.5 Å². The molecule has 3 aromatic rings. The maximum Gasteiger partial charge on any atom is 0.171 e. The Hall–Kier alpha value is -2.27. The standard InChI is InChI=1S/C15H12O4S/c1-16-9-6-12(17-2)15-13(7-9)19-11(8-14(15)20)10-4-3-5-18-10/h3-8H,1-2H3. The molecule has 0 unspecified atom stereocenters. The van der Waals surface area contributed by atoms with Crippen molar-refractivity contribution < 1.29 is 18.3 Å². The van der Waals surface area contributed by atoms with Gasteiger partial charge in [0, 0.05) is 18.2 Å². The smallest absolute Gasteiger partial charge is 0.171 e. The quantitative estimate of drug-likeness (QED) is 0.667. The monoisotopic (exact) mass is 288 g/mol. The highest BCUT2D eigenvalue weighted by Crippen LogP contribution is 2.35. The summed E-state index contributed by atoms with van der Waals surface area (Å²) in [6.45, 7) is 0. The lowest BCUT2D eigenvalue weighted by Crippen LogP contribution is -1.90. The van der Waals surface area contributed by atoms with Gasteiger partial charge in [-0.2, -0.15) is 0 Å². The van der Waals surface area contributed by atoms with Crippen LogP contribution in [0.2, 0.25) is 0 Å². The van der Waals surface area contributed by atoms with Crippen molar-refractivity contribution in [3.63, 3.8) is 0 Å². The Morgan fingerprint density at radius 1 is 1.05 bits per heavy atom. The summed E-state index contributed by atoms with van der Waals surface area (Å²) in [6, 6.07) is 8.92. The molecule has 0 aliphatic heterocycles. The van der Waals surface area contributed by atoms with Gasteiger partial charge in [-0.25, -0.2) is 0 Å². The van der Waals surface area contributed by atoms with E-state index < -0.39 is 0 Å². The molecule has 20 heavy (non-hydrogen) atoms. The van der Waals surface area contributed by atoms with Crippen LogP contribution in [0.3, 0.4) is 0 Å². The van der Waals surface area contributed by atoms with Crippen molar-refractivity contribution in [3.8, 4) is 23.0 Å². The number of hydrogen-bond donors (Lipinski definition) is 0. The van der Waals surface area contributed by atoms with Crippen LogP contribution in [0.15, 0.2) is 45.4 Å². The minimum atomic E-state index is 0.572. The molecule has 0 saturated carbocycles. The molecule has 0 fully saturated rings. The minimum absolute atomic E-state index is 0.572. The van der Waals surface area contributed by atoms with Crippen molar-refractivity contribution in [3.05, 3.63) is 41.1 Å². The number of hydrogen-bond acceptors (Lipinski definition) is 5. The molecule has 5 heteroatoms. The number of fused-ring (bicyclic) bond motifs is 1. The average Bonchev–Trinajstić information content (AvgIpc) is 2.99. The van der Waals surface area contributed by atoms with Gasteiger partial charge in [0.05, 0.1) is 30.4 Å². The summed E-state index contributed by atoms with van der Waals surface area (Å²) in [4.78, 5) is 0. The van der Waals surface area contributed by atoms with E-state index in [-0.39, 0.29) is 0 Å². The first kappa shape index (κ1) is 12.7. The van der Waals surface area contributed by atoms with E-state index in [9.17, 15) is 0 Å². The van der Waals surface area contributed by atoms with Crippen molar-refractivity contribution in [1.29, 1.82) is 0 Å². The first-order valence-corrected chi connectivity index (χ1v) is 6.37. The lowest BCUT2D eigenvalue weighted by Gasteiger charge is -2.09. The topological polar surface area (TPSA) is 44.7 Å². The number of furan rings is 1. The Bertz CT molecular complexity index is 803. The molecule has 0 atom stereocenters. The SMILES string of the molecule is COc1cc(OC)c2c(=S)cc(-c3ccco3)oc2c1. The van der Waals surface area contributed by atoms with Crippen LogP contribution in [-0.4, -0.2) is 14.2 Å². The molecule has 4 nitrogen and oxygen atoms in total. The summed E-state index contributed by atoms with van der Waals surface area (Å²) < 4.78 is 22.4. The van der Waals surface area contributed by atoms with Crippen molar-refractivity contribution in [2.45, 2.75) is 0 Å². The van der Waals surface area contributed by atoms with E-state index in [1.54, 1.807) is 44.7 Å². The lowest BCUT2D eigenvalue weighted by atomic mass is 10.2. The summed E-state index contributed by atoms with van der Waals surface area (Å²) in [5.41, 5.74) is 0.597. The summed E-state index contributed by atoms with van der Waals surface area (Å²) in [5, 5.41) is 0.749. The van der Waals surface area contributed by atoms with Gasteiger partial charge in [-0.05, 0) is 12.1 Å². The highest BCUT2D eigenvalue weighted by atomic mass is 32.1. The van der Waals surface area contributed by atoms with Crippen LogP contribution in [-0.2, 0) is 0 Å². The number of ether oxygens (including phenoxy) is 2. The third-order valence-electron chi connectivity index (χ3n) is 2.99. The van der Waals surface area contributed by atoms with Crippen LogP contribution in [0, 0.1) is 4.51 Å². The fourth-order valence-corrected chi connectivity index (χ4v) is 2.36. The van der Waals surface area contributed by atoms with Gasteiger partial charge in [-0.3, -0.25) is 0 Å². The van der Waals surface area contributed by atoms with Crippen molar-refractivity contribution in [1.82, 2.24) is 0 Å². The Morgan fingerprint density at radius 2 is 1.90 bits per heavy atom. The highest BCUT2D eigenvalue weighted by Gasteiger charge is 2.12. The van der Waals surface area contributed by atoms with Crippen LogP contribution < -0.4 is 9.47 Å². The zero-order valence-corrected chi connectivity index (χ0v) is 11.8. The van der Waals surface area contributed by atoms with Gasteiger partial charge in [-0.1, -0.05) is 12.2 Å². The van der Waals surface area contributed by atoms with E-state index >= 15 is 0 Å². The normalized spacial score (nSPS) is 10.7. The fraction of sp³-hybridized carbons (Fsp3) is 0.133. The highest BCUT2D eigenvalue weighted by molar-refractivity contribution is 7.71. The molecule has 0 bridgehead atoms. The third kappa shape index (κ3) is 2.06. The van der Waals surface area contributed by atoms with Gasteiger partial charge in [0.15, 0.2) is 11.5 Å². The molecule has 2 aromatic heterocycles. The molecule has 0 aliphatic carbocycles. The molecule has 0 radical (unpaired) electrons. The molecule has 3 rings (SSSR count). The third-order valence-corrected chi connectivity index (χ3v) is 3.31. The van der Waals surface area contributed by atoms with E-state index in [0.717, 1.165) is 5.39 Å². The van der Waals surface area contributed by atoms with Crippen LogP contribution in [0.1, 0.15) is 0 Å². The van der Waals surface area contributed by atoms with Gasteiger partial charge in [0.1, 0.15) is 17.1 Å². The van der Waals surface area contributed by atoms with Crippen molar-refractivity contribution in [2.24, 2.45) is 0 Å². The molecular formula is C15H12O4S.